The minimum Gasteiger partial charge on any atom is -0.394 e. The maximum Gasteiger partial charge on any atom is 0.397 e. The molecule has 0 radical (unpaired) electrons. The molecule has 0 saturated heterocycles. The van der Waals surface area contributed by atoms with E-state index in [9.17, 15) is 8.42 Å². The second kappa shape index (κ2) is 96.2. The van der Waals surface area contributed by atoms with Gasteiger partial charge in [-0.25, -0.2) is 4.18 Å². The van der Waals surface area contributed by atoms with E-state index in [1.165, 1.54) is 19.3 Å². The van der Waals surface area contributed by atoms with Crippen molar-refractivity contribution in [3.63, 3.8) is 0 Å². The molecule has 0 spiro atoms. The molecule has 0 atom stereocenters. The topological polar surface area (TPSA) is 113 Å². The van der Waals surface area contributed by atoms with Crippen LogP contribution in [0.5, 0.6) is 0 Å². The lowest BCUT2D eigenvalue weighted by molar-refractivity contribution is 0.162. The number of hydrogen-bond donors (Lipinski definition) is 3. The fourth-order valence-electron chi connectivity index (χ4n) is 1.25. The lowest BCUT2D eigenvalue weighted by atomic mass is 10.1. The van der Waals surface area contributed by atoms with Gasteiger partial charge in [-0.2, -0.15) is 8.42 Å². The summed E-state index contributed by atoms with van der Waals surface area (Å²) in [4.78, 5) is 0. The van der Waals surface area contributed by atoms with Gasteiger partial charge in [0.05, 0.1) is 19.8 Å². The molecular formula is C26H58O7S. The maximum atomic E-state index is 10.1. The Labute approximate surface area is 213 Å². The summed E-state index contributed by atoms with van der Waals surface area (Å²) in [5.74, 6) is 0. The summed E-state index contributed by atoms with van der Waals surface area (Å²) < 4.78 is 37.4. The molecule has 0 aromatic carbocycles. The highest BCUT2D eigenvalue weighted by atomic mass is 32.3. The van der Waals surface area contributed by atoms with E-state index in [0.717, 1.165) is 26.1 Å². The molecule has 0 saturated carbocycles. The van der Waals surface area contributed by atoms with Crippen LogP contribution in [0.15, 0.2) is 78.9 Å². The first kappa shape index (κ1) is 58.2. The van der Waals surface area contributed by atoms with Crippen LogP contribution in [-0.4, -0.2) is 56.2 Å². The molecule has 0 aliphatic carbocycles. The molecule has 0 fully saturated rings. The highest BCUT2D eigenvalue weighted by molar-refractivity contribution is 7.80. The number of aliphatic hydroxyl groups is 2. The Hall–Kier alpha value is -1.81. The minimum absolute atomic E-state index is 0.0883. The van der Waals surface area contributed by atoms with Gasteiger partial charge in [0, 0.05) is 13.2 Å². The summed E-state index contributed by atoms with van der Waals surface area (Å²) >= 11 is 0. The SMILES string of the molecule is C=C.C=C.C=C.C=C.C=C.C=C.CCCCCCCCOS(=O)(=O)O.CCOCC.OCCO. The molecule has 0 amide bonds. The van der Waals surface area contributed by atoms with Crippen LogP contribution < -0.4 is 0 Å². The summed E-state index contributed by atoms with van der Waals surface area (Å²) in [6, 6.07) is 0. The van der Waals surface area contributed by atoms with E-state index in [4.69, 9.17) is 19.5 Å². The smallest absolute Gasteiger partial charge is 0.394 e. The first-order chi connectivity index (χ1) is 16.4. The average Bonchev–Trinajstić information content (AvgIpc) is 2.91. The second-order valence-corrected chi connectivity index (χ2v) is 5.34. The normalized spacial score (nSPS) is 7.35. The van der Waals surface area contributed by atoms with Gasteiger partial charge in [0.1, 0.15) is 0 Å². The van der Waals surface area contributed by atoms with Crippen molar-refractivity contribution in [3.05, 3.63) is 78.9 Å². The quantitative estimate of drug-likeness (QED) is 0.155. The van der Waals surface area contributed by atoms with Gasteiger partial charge in [0.15, 0.2) is 0 Å². The Morgan fingerprint density at radius 2 is 0.882 bits per heavy atom. The Kier molecular flexibility index (Phi) is 165. The lowest BCUT2D eigenvalue weighted by Gasteiger charge is -2.00. The summed E-state index contributed by atoms with van der Waals surface area (Å²) in [6.45, 7) is 43.6. The van der Waals surface area contributed by atoms with E-state index in [-0.39, 0.29) is 19.8 Å². The lowest BCUT2D eigenvalue weighted by Crippen LogP contribution is -2.04. The zero-order valence-corrected chi connectivity index (χ0v) is 23.5. The number of rotatable bonds is 11. The van der Waals surface area contributed by atoms with Crippen molar-refractivity contribution in [1.82, 2.24) is 0 Å². The monoisotopic (exact) mass is 514 g/mol. The standard InChI is InChI=1S/C8H18O4S.C4H10O.C2H6O2.6C2H4/c1-2-3-4-5-6-7-8-12-13(9,10)11;1-3-5-4-2;3-1-2-4;6*1-2/h2-8H2,1H3,(H,9,10,11);3-4H2,1-2H3;3-4H,1-2H2;6*1-2H2. The molecule has 210 valence electrons. The third kappa shape index (κ3) is 205. The van der Waals surface area contributed by atoms with Crippen molar-refractivity contribution in [2.45, 2.75) is 59.3 Å². The predicted molar refractivity (Wildman–Crippen MR) is 155 cm³/mol. The summed E-state index contributed by atoms with van der Waals surface area (Å²) in [6.07, 6.45) is 6.34. The number of unbranched alkanes of at least 4 members (excludes halogenated alkanes) is 5. The predicted octanol–water partition coefficient (Wildman–Crippen LogP) is 6.99. The van der Waals surface area contributed by atoms with Crippen molar-refractivity contribution in [3.8, 4) is 0 Å². The summed E-state index contributed by atoms with van der Waals surface area (Å²) in [7, 11) is -4.22. The van der Waals surface area contributed by atoms with Crippen molar-refractivity contribution < 1.29 is 32.1 Å². The average molecular weight is 515 g/mol. The van der Waals surface area contributed by atoms with Crippen LogP contribution in [0.2, 0.25) is 0 Å². The molecule has 0 unspecified atom stereocenters. The van der Waals surface area contributed by atoms with Crippen molar-refractivity contribution in [2.75, 3.05) is 33.0 Å². The largest absolute Gasteiger partial charge is 0.397 e. The van der Waals surface area contributed by atoms with Crippen LogP contribution in [0.4, 0.5) is 0 Å². The van der Waals surface area contributed by atoms with Crippen LogP contribution in [0.3, 0.4) is 0 Å². The zero-order valence-electron chi connectivity index (χ0n) is 22.6. The van der Waals surface area contributed by atoms with Gasteiger partial charge in [0.2, 0.25) is 0 Å². The van der Waals surface area contributed by atoms with Gasteiger partial charge >= 0.3 is 10.4 Å². The maximum absolute atomic E-state index is 10.1. The second-order valence-electron chi connectivity index (χ2n) is 4.25. The fourth-order valence-corrected chi connectivity index (χ4v) is 1.58. The molecule has 0 aromatic heterocycles. The molecule has 0 heterocycles. The van der Waals surface area contributed by atoms with E-state index < -0.39 is 10.4 Å². The molecule has 8 heteroatoms. The van der Waals surface area contributed by atoms with Crippen molar-refractivity contribution >= 4 is 10.4 Å². The molecule has 0 rings (SSSR count). The Bertz CT molecular complexity index is 332. The third-order valence-corrected chi connectivity index (χ3v) is 2.70. The first-order valence-corrected chi connectivity index (χ1v) is 12.2. The van der Waals surface area contributed by atoms with E-state index >= 15 is 0 Å². The summed E-state index contributed by atoms with van der Waals surface area (Å²) in [5.41, 5.74) is 0. The van der Waals surface area contributed by atoms with Gasteiger partial charge in [-0.3, -0.25) is 4.55 Å². The van der Waals surface area contributed by atoms with Crippen LogP contribution in [0.25, 0.3) is 0 Å². The minimum atomic E-state index is -4.22. The van der Waals surface area contributed by atoms with Gasteiger partial charge in [-0.1, -0.05) is 39.0 Å². The van der Waals surface area contributed by atoms with Crippen LogP contribution in [-0.2, 0) is 19.3 Å². The summed E-state index contributed by atoms with van der Waals surface area (Å²) in [5, 5.41) is 15.2. The highest BCUT2D eigenvalue weighted by Crippen LogP contribution is 2.05. The van der Waals surface area contributed by atoms with Crippen molar-refractivity contribution in [2.24, 2.45) is 0 Å². The number of hydrogen-bond acceptors (Lipinski definition) is 6. The highest BCUT2D eigenvalue weighted by Gasteiger charge is 2.02. The van der Waals surface area contributed by atoms with E-state index in [1.807, 2.05) is 13.8 Å². The zero-order chi connectivity index (χ0) is 29.7. The van der Waals surface area contributed by atoms with Gasteiger partial charge in [-0.15, -0.1) is 78.9 Å². The van der Waals surface area contributed by atoms with Crippen molar-refractivity contribution in [1.29, 1.82) is 0 Å². The molecule has 0 aliphatic rings. The van der Waals surface area contributed by atoms with E-state index in [1.54, 1.807) is 0 Å². The van der Waals surface area contributed by atoms with Crippen LogP contribution in [0.1, 0.15) is 59.3 Å². The number of ether oxygens (including phenoxy) is 1. The van der Waals surface area contributed by atoms with Gasteiger partial charge in [-0.05, 0) is 20.3 Å². The van der Waals surface area contributed by atoms with E-state index in [0.29, 0.717) is 6.42 Å². The Morgan fingerprint density at radius 3 is 1.09 bits per heavy atom. The first-order valence-electron chi connectivity index (χ1n) is 10.8. The molecule has 0 bridgehead atoms. The molecule has 3 N–H and O–H groups in total. The van der Waals surface area contributed by atoms with E-state index in [2.05, 4.69) is 90.1 Å². The Balaban J connectivity index is -0.0000000356. The molecule has 0 aromatic rings. The molecule has 34 heavy (non-hydrogen) atoms. The van der Waals surface area contributed by atoms with Crippen LogP contribution >= 0.6 is 0 Å². The van der Waals surface area contributed by atoms with Gasteiger partial charge < -0.3 is 14.9 Å². The van der Waals surface area contributed by atoms with Crippen LogP contribution in [0, 0.1) is 0 Å². The molecular weight excluding hydrogens is 456 g/mol. The Morgan fingerprint density at radius 1 is 0.588 bits per heavy atom. The fraction of sp³-hybridized carbons (Fsp3) is 0.538. The van der Waals surface area contributed by atoms with Gasteiger partial charge in [0.25, 0.3) is 0 Å². The third-order valence-electron chi connectivity index (χ3n) is 2.24. The molecule has 7 nitrogen and oxygen atoms in total. The number of aliphatic hydroxyl groups excluding tert-OH is 2. The molecule has 0 aliphatic heterocycles.